The van der Waals surface area contributed by atoms with Gasteiger partial charge in [0, 0.05) is 11.6 Å². The van der Waals surface area contributed by atoms with Crippen LogP contribution in [0.3, 0.4) is 0 Å². The molecule has 0 saturated heterocycles. The molecule has 3 rings (SSSR count). The van der Waals surface area contributed by atoms with Gasteiger partial charge in [-0.15, -0.1) is 0 Å². The Morgan fingerprint density at radius 2 is 1.72 bits per heavy atom. The summed E-state index contributed by atoms with van der Waals surface area (Å²) < 4.78 is 12.1. The highest BCUT2D eigenvalue weighted by atomic mass is 16.5. The van der Waals surface area contributed by atoms with Crippen molar-refractivity contribution < 1.29 is 19.1 Å². The molecule has 0 bridgehead atoms. The van der Waals surface area contributed by atoms with Crippen LogP contribution in [0.1, 0.15) is 28.5 Å². The minimum Gasteiger partial charge on any atom is -0.481 e. The fourth-order valence-electron chi connectivity index (χ4n) is 2.76. The lowest BCUT2D eigenvalue weighted by molar-refractivity contribution is 0.0602. The van der Waals surface area contributed by atoms with Crippen LogP contribution < -0.4 is 4.74 Å². The second-order valence-electron chi connectivity index (χ2n) is 5.59. The van der Waals surface area contributed by atoms with E-state index in [-0.39, 0.29) is 5.91 Å². The molecule has 0 spiro atoms. The lowest BCUT2D eigenvalue weighted by atomic mass is 10.2. The van der Waals surface area contributed by atoms with Crippen molar-refractivity contribution in [2.45, 2.75) is 19.4 Å². The third kappa shape index (κ3) is 3.26. The molecule has 1 atom stereocenters. The van der Waals surface area contributed by atoms with E-state index < -0.39 is 12.1 Å². The van der Waals surface area contributed by atoms with E-state index in [1.165, 1.54) is 17.9 Å². The number of ether oxygens (including phenoxy) is 2. The van der Waals surface area contributed by atoms with Crippen molar-refractivity contribution in [3.05, 3.63) is 66.4 Å². The molecule has 25 heavy (non-hydrogen) atoms. The number of hydrogen-bond donors (Lipinski definition) is 0. The SMILES string of the molecule is CC[C@@H](Oc1ccccc1)C(=O)n1cc(C(=O)OC)c2ccccc21. The van der Waals surface area contributed by atoms with Crippen molar-refractivity contribution in [1.29, 1.82) is 0 Å². The summed E-state index contributed by atoms with van der Waals surface area (Å²) in [5.41, 5.74) is 1.02. The molecule has 2 aromatic carbocycles. The van der Waals surface area contributed by atoms with Gasteiger partial charge >= 0.3 is 5.97 Å². The number of carbonyl (C=O) groups is 2. The number of methoxy groups -OCH3 is 1. The lowest BCUT2D eigenvalue weighted by Crippen LogP contribution is -2.31. The fourth-order valence-corrected chi connectivity index (χ4v) is 2.76. The van der Waals surface area contributed by atoms with E-state index in [0.717, 1.165) is 0 Å². The number of carbonyl (C=O) groups excluding carboxylic acids is 2. The van der Waals surface area contributed by atoms with E-state index in [0.29, 0.717) is 28.6 Å². The minimum atomic E-state index is -0.649. The maximum Gasteiger partial charge on any atom is 0.340 e. The summed E-state index contributed by atoms with van der Waals surface area (Å²) in [5, 5.41) is 0.678. The van der Waals surface area contributed by atoms with Crippen LogP contribution in [0.2, 0.25) is 0 Å². The summed E-state index contributed by atoms with van der Waals surface area (Å²) in [6, 6.07) is 16.5. The lowest BCUT2D eigenvalue weighted by Gasteiger charge is -2.17. The van der Waals surface area contributed by atoms with E-state index in [4.69, 9.17) is 9.47 Å². The standard InChI is InChI=1S/C20H19NO4/c1-3-18(25-14-9-5-4-6-10-14)19(22)21-13-16(20(23)24-2)15-11-7-8-12-17(15)21/h4-13,18H,3H2,1-2H3/t18-/m1/s1. The smallest absolute Gasteiger partial charge is 0.340 e. The maximum absolute atomic E-state index is 13.0. The number of nitrogens with zero attached hydrogens (tertiary/aromatic N) is 1. The summed E-state index contributed by atoms with van der Waals surface area (Å²) in [6.45, 7) is 1.89. The van der Waals surface area contributed by atoms with Gasteiger partial charge in [0.15, 0.2) is 6.10 Å². The van der Waals surface area contributed by atoms with E-state index >= 15 is 0 Å². The third-order valence-electron chi connectivity index (χ3n) is 4.02. The molecule has 128 valence electrons. The molecule has 0 aliphatic rings. The van der Waals surface area contributed by atoms with Gasteiger partial charge in [-0.3, -0.25) is 9.36 Å². The largest absolute Gasteiger partial charge is 0.481 e. The highest BCUT2D eigenvalue weighted by Crippen LogP contribution is 2.23. The van der Waals surface area contributed by atoms with Gasteiger partial charge in [0.25, 0.3) is 5.91 Å². The molecule has 1 heterocycles. The Hall–Kier alpha value is -3.08. The number of benzene rings is 2. The monoisotopic (exact) mass is 337 g/mol. The van der Waals surface area contributed by atoms with Crippen LogP contribution in [-0.2, 0) is 4.74 Å². The molecule has 0 aliphatic heterocycles. The molecule has 0 unspecified atom stereocenters. The van der Waals surface area contributed by atoms with Crippen molar-refractivity contribution in [2.75, 3.05) is 7.11 Å². The molecule has 1 aromatic heterocycles. The molecule has 0 saturated carbocycles. The van der Waals surface area contributed by atoms with E-state index in [1.54, 1.807) is 12.1 Å². The van der Waals surface area contributed by atoms with Gasteiger partial charge in [0.1, 0.15) is 5.75 Å². The summed E-state index contributed by atoms with van der Waals surface area (Å²) in [7, 11) is 1.32. The quantitative estimate of drug-likeness (QED) is 0.662. The molecule has 0 fully saturated rings. The van der Waals surface area contributed by atoms with Gasteiger partial charge in [0.2, 0.25) is 0 Å². The van der Waals surface area contributed by atoms with Crippen LogP contribution in [0.25, 0.3) is 10.9 Å². The fraction of sp³-hybridized carbons (Fsp3) is 0.200. The number of esters is 1. The minimum absolute atomic E-state index is 0.224. The third-order valence-corrected chi connectivity index (χ3v) is 4.02. The first-order chi connectivity index (χ1) is 12.2. The van der Waals surface area contributed by atoms with Gasteiger partial charge in [-0.2, -0.15) is 0 Å². The van der Waals surface area contributed by atoms with Crippen LogP contribution in [0.4, 0.5) is 0 Å². The molecule has 0 aliphatic carbocycles. The van der Waals surface area contributed by atoms with Crippen LogP contribution >= 0.6 is 0 Å². The zero-order valence-corrected chi connectivity index (χ0v) is 14.1. The topological polar surface area (TPSA) is 57.5 Å². The average Bonchev–Trinajstić information content (AvgIpc) is 3.05. The Labute approximate surface area is 145 Å². The molecule has 0 radical (unpaired) electrons. The van der Waals surface area contributed by atoms with Crippen molar-refractivity contribution in [1.82, 2.24) is 4.57 Å². The second-order valence-corrected chi connectivity index (χ2v) is 5.59. The van der Waals surface area contributed by atoms with Gasteiger partial charge in [-0.05, 0) is 24.6 Å². The Kier molecular flexibility index (Phi) is 4.84. The molecule has 0 N–H and O–H groups in total. The van der Waals surface area contributed by atoms with Crippen LogP contribution in [-0.4, -0.2) is 29.7 Å². The zero-order valence-electron chi connectivity index (χ0n) is 14.1. The number of fused-ring (bicyclic) bond motifs is 1. The van der Waals surface area contributed by atoms with Crippen LogP contribution in [0.15, 0.2) is 60.8 Å². The van der Waals surface area contributed by atoms with Crippen LogP contribution in [0.5, 0.6) is 5.75 Å². The first-order valence-corrected chi connectivity index (χ1v) is 8.10. The first-order valence-electron chi connectivity index (χ1n) is 8.10. The Morgan fingerprint density at radius 1 is 1.04 bits per heavy atom. The Bertz CT molecular complexity index is 898. The van der Waals surface area contributed by atoms with Crippen molar-refractivity contribution >= 4 is 22.8 Å². The van der Waals surface area contributed by atoms with Crippen LogP contribution in [0, 0.1) is 0 Å². The molecular weight excluding hydrogens is 318 g/mol. The molecular formula is C20H19NO4. The summed E-state index contributed by atoms with van der Waals surface area (Å²) in [4.78, 5) is 25.0. The number of para-hydroxylation sites is 2. The predicted octanol–water partition coefficient (Wildman–Crippen LogP) is 3.93. The van der Waals surface area contributed by atoms with E-state index in [2.05, 4.69) is 0 Å². The van der Waals surface area contributed by atoms with E-state index in [1.807, 2.05) is 49.4 Å². The van der Waals surface area contributed by atoms with Crippen molar-refractivity contribution in [2.24, 2.45) is 0 Å². The molecule has 5 nitrogen and oxygen atoms in total. The van der Waals surface area contributed by atoms with Gasteiger partial charge < -0.3 is 9.47 Å². The number of rotatable bonds is 5. The normalized spacial score (nSPS) is 11.9. The Balaban J connectivity index is 1.99. The maximum atomic E-state index is 13.0. The first kappa shape index (κ1) is 16.8. The molecule has 3 aromatic rings. The average molecular weight is 337 g/mol. The van der Waals surface area contributed by atoms with Gasteiger partial charge in [-0.25, -0.2) is 4.79 Å². The summed E-state index contributed by atoms with van der Waals surface area (Å²) in [6.07, 6.45) is 1.38. The molecule has 5 heteroatoms. The highest BCUT2D eigenvalue weighted by Gasteiger charge is 2.24. The highest BCUT2D eigenvalue weighted by molar-refractivity contribution is 6.07. The Morgan fingerprint density at radius 3 is 2.40 bits per heavy atom. The predicted molar refractivity (Wildman–Crippen MR) is 95.1 cm³/mol. The summed E-state index contributed by atoms with van der Waals surface area (Å²) >= 11 is 0. The van der Waals surface area contributed by atoms with Crippen molar-refractivity contribution in [3.63, 3.8) is 0 Å². The van der Waals surface area contributed by atoms with E-state index in [9.17, 15) is 9.59 Å². The van der Waals surface area contributed by atoms with Gasteiger partial charge in [0.05, 0.1) is 18.2 Å². The molecule has 0 amide bonds. The number of aromatic nitrogens is 1. The number of hydrogen-bond acceptors (Lipinski definition) is 4. The zero-order chi connectivity index (χ0) is 17.8. The second kappa shape index (κ2) is 7.21. The van der Waals surface area contributed by atoms with Crippen molar-refractivity contribution in [3.8, 4) is 5.75 Å². The summed E-state index contributed by atoms with van der Waals surface area (Å²) in [5.74, 6) is -0.0650. The van der Waals surface area contributed by atoms with Gasteiger partial charge in [-0.1, -0.05) is 43.3 Å².